The van der Waals surface area contributed by atoms with E-state index >= 15 is 0 Å². The highest BCUT2D eigenvalue weighted by molar-refractivity contribution is 5.75. The molecule has 0 bridgehead atoms. The standard InChI is InChI=1S/C7H12O4/c1-2-10-7(9)6-3-5(8)4-11-6/h5-6,8H,2-4H2,1H3. The van der Waals surface area contributed by atoms with E-state index in [2.05, 4.69) is 0 Å². The van der Waals surface area contributed by atoms with Crippen molar-refractivity contribution >= 4 is 5.97 Å². The van der Waals surface area contributed by atoms with E-state index < -0.39 is 12.2 Å². The van der Waals surface area contributed by atoms with Gasteiger partial charge in [0, 0.05) is 6.42 Å². The zero-order valence-corrected chi connectivity index (χ0v) is 6.45. The van der Waals surface area contributed by atoms with Gasteiger partial charge < -0.3 is 14.6 Å². The Hall–Kier alpha value is -0.610. The summed E-state index contributed by atoms with van der Waals surface area (Å²) >= 11 is 0. The van der Waals surface area contributed by atoms with Crippen molar-refractivity contribution in [2.24, 2.45) is 0 Å². The number of aliphatic hydroxyl groups excluding tert-OH is 1. The van der Waals surface area contributed by atoms with Crippen LogP contribution >= 0.6 is 0 Å². The van der Waals surface area contributed by atoms with E-state index in [0.29, 0.717) is 13.0 Å². The summed E-state index contributed by atoms with van der Waals surface area (Å²) < 4.78 is 9.65. The monoisotopic (exact) mass is 160 g/mol. The lowest BCUT2D eigenvalue weighted by Gasteiger charge is -2.06. The Bertz CT molecular complexity index is 145. The maximum atomic E-state index is 10.9. The normalized spacial score (nSPS) is 30.4. The van der Waals surface area contributed by atoms with Crippen molar-refractivity contribution in [3.63, 3.8) is 0 Å². The van der Waals surface area contributed by atoms with E-state index in [1.807, 2.05) is 0 Å². The molecule has 1 fully saturated rings. The number of rotatable bonds is 2. The highest BCUT2D eigenvalue weighted by Gasteiger charge is 2.30. The Morgan fingerprint density at radius 1 is 1.82 bits per heavy atom. The van der Waals surface area contributed by atoms with Gasteiger partial charge in [-0.1, -0.05) is 0 Å². The first kappa shape index (κ1) is 8.49. The van der Waals surface area contributed by atoms with Crippen LogP contribution in [-0.4, -0.2) is 36.5 Å². The summed E-state index contributed by atoms with van der Waals surface area (Å²) in [6, 6.07) is 0. The van der Waals surface area contributed by atoms with E-state index in [9.17, 15) is 4.79 Å². The topological polar surface area (TPSA) is 55.8 Å². The summed E-state index contributed by atoms with van der Waals surface area (Å²) in [4.78, 5) is 10.9. The van der Waals surface area contributed by atoms with Gasteiger partial charge in [0.1, 0.15) is 0 Å². The van der Waals surface area contributed by atoms with Crippen LogP contribution in [0, 0.1) is 0 Å². The predicted octanol–water partition coefficient (Wildman–Crippen LogP) is -0.301. The van der Waals surface area contributed by atoms with Gasteiger partial charge in [-0.05, 0) is 6.92 Å². The van der Waals surface area contributed by atoms with E-state index in [1.54, 1.807) is 6.92 Å². The Labute approximate surface area is 65.1 Å². The number of esters is 1. The van der Waals surface area contributed by atoms with Gasteiger partial charge >= 0.3 is 5.97 Å². The molecule has 1 aliphatic rings. The van der Waals surface area contributed by atoms with Crippen LogP contribution in [0.15, 0.2) is 0 Å². The van der Waals surface area contributed by atoms with Crippen LogP contribution in [-0.2, 0) is 14.3 Å². The molecule has 0 aromatic rings. The molecule has 1 heterocycles. The van der Waals surface area contributed by atoms with Crippen LogP contribution in [0.3, 0.4) is 0 Å². The van der Waals surface area contributed by atoms with Crippen LogP contribution in [0.1, 0.15) is 13.3 Å². The second-order valence-electron chi connectivity index (χ2n) is 2.46. The predicted molar refractivity (Wildman–Crippen MR) is 37.0 cm³/mol. The van der Waals surface area contributed by atoms with Gasteiger partial charge in [-0.2, -0.15) is 0 Å². The molecule has 0 radical (unpaired) electrons. The molecule has 0 spiro atoms. The molecule has 0 saturated carbocycles. The minimum absolute atomic E-state index is 0.240. The number of ether oxygens (including phenoxy) is 2. The van der Waals surface area contributed by atoms with E-state index in [0.717, 1.165) is 0 Å². The van der Waals surface area contributed by atoms with Crippen molar-refractivity contribution in [1.82, 2.24) is 0 Å². The highest BCUT2D eigenvalue weighted by Crippen LogP contribution is 2.13. The molecule has 2 atom stereocenters. The molecule has 0 amide bonds. The second kappa shape index (κ2) is 3.69. The van der Waals surface area contributed by atoms with Crippen molar-refractivity contribution in [3.8, 4) is 0 Å². The van der Waals surface area contributed by atoms with Crippen molar-refractivity contribution in [2.75, 3.05) is 13.2 Å². The Kier molecular flexibility index (Phi) is 2.84. The van der Waals surface area contributed by atoms with Crippen LogP contribution in [0.5, 0.6) is 0 Å². The van der Waals surface area contributed by atoms with Crippen LogP contribution < -0.4 is 0 Å². The van der Waals surface area contributed by atoms with E-state index in [1.165, 1.54) is 0 Å². The molecule has 0 aliphatic carbocycles. The smallest absolute Gasteiger partial charge is 0.335 e. The number of carbonyl (C=O) groups is 1. The van der Waals surface area contributed by atoms with Crippen LogP contribution in [0.4, 0.5) is 0 Å². The number of aliphatic hydroxyl groups is 1. The number of hydrogen-bond donors (Lipinski definition) is 1. The van der Waals surface area contributed by atoms with Gasteiger partial charge in [0.25, 0.3) is 0 Å². The largest absolute Gasteiger partial charge is 0.464 e. The minimum Gasteiger partial charge on any atom is -0.464 e. The average Bonchev–Trinajstić information content (AvgIpc) is 2.36. The lowest BCUT2D eigenvalue weighted by molar-refractivity contribution is -0.153. The van der Waals surface area contributed by atoms with Crippen molar-refractivity contribution in [2.45, 2.75) is 25.6 Å². The number of hydrogen-bond acceptors (Lipinski definition) is 4. The molecule has 0 aromatic carbocycles. The third-order valence-electron chi connectivity index (χ3n) is 1.53. The summed E-state index contributed by atoms with van der Waals surface area (Å²) in [5.74, 6) is -0.371. The van der Waals surface area contributed by atoms with Crippen LogP contribution in [0.25, 0.3) is 0 Å². The highest BCUT2D eigenvalue weighted by atomic mass is 16.6. The molecule has 1 saturated heterocycles. The van der Waals surface area contributed by atoms with Gasteiger partial charge in [-0.25, -0.2) is 4.79 Å². The van der Waals surface area contributed by atoms with Gasteiger partial charge in [0.2, 0.25) is 0 Å². The summed E-state index contributed by atoms with van der Waals surface area (Å²) in [5, 5.41) is 8.98. The third kappa shape index (κ3) is 2.17. The number of carbonyl (C=O) groups excluding carboxylic acids is 1. The van der Waals surface area contributed by atoms with Crippen molar-refractivity contribution < 1.29 is 19.4 Å². The first-order chi connectivity index (χ1) is 5.24. The summed E-state index contributed by atoms with van der Waals surface area (Å²) in [7, 11) is 0. The van der Waals surface area contributed by atoms with Gasteiger partial charge in [0.05, 0.1) is 19.3 Å². The molecule has 4 nitrogen and oxygen atoms in total. The summed E-state index contributed by atoms with van der Waals surface area (Å²) in [6.07, 6.45) is -0.701. The second-order valence-corrected chi connectivity index (χ2v) is 2.46. The molecule has 1 N–H and O–H groups in total. The molecule has 1 aliphatic heterocycles. The zero-order chi connectivity index (χ0) is 8.27. The lowest BCUT2D eigenvalue weighted by Crippen LogP contribution is -2.22. The first-order valence-electron chi connectivity index (χ1n) is 3.70. The SMILES string of the molecule is CCOC(=O)C1CC(O)CO1. The summed E-state index contributed by atoms with van der Waals surface area (Å²) in [6.45, 7) is 2.33. The lowest BCUT2D eigenvalue weighted by atomic mass is 10.2. The van der Waals surface area contributed by atoms with Crippen molar-refractivity contribution in [1.29, 1.82) is 0 Å². The Morgan fingerprint density at radius 2 is 2.55 bits per heavy atom. The fourth-order valence-corrected chi connectivity index (χ4v) is 1.01. The third-order valence-corrected chi connectivity index (χ3v) is 1.53. The van der Waals surface area contributed by atoms with E-state index in [4.69, 9.17) is 14.6 Å². The first-order valence-corrected chi connectivity index (χ1v) is 3.70. The average molecular weight is 160 g/mol. The zero-order valence-electron chi connectivity index (χ0n) is 6.45. The molecule has 1 rings (SSSR count). The maximum Gasteiger partial charge on any atom is 0.335 e. The molecule has 11 heavy (non-hydrogen) atoms. The van der Waals surface area contributed by atoms with Crippen LogP contribution in [0.2, 0.25) is 0 Å². The van der Waals surface area contributed by atoms with Gasteiger partial charge in [0.15, 0.2) is 6.10 Å². The van der Waals surface area contributed by atoms with Crippen molar-refractivity contribution in [3.05, 3.63) is 0 Å². The maximum absolute atomic E-state index is 10.9. The molecule has 64 valence electrons. The Balaban J connectivity index is 2.31. The summed E-state index contributed by atoms with van der Waals surface area (Å²) in [5.41, 5.74) is 0. The Morgan fingerprint density at radius 3 is 3.00 bits per heavy atom. The minimum atomic E-state index is -0.551. The fraction of sp³-hybridized carbons (Fsp3) is 0.857. The van der Waals surface area contributed by atoms with Gasteiger partial charge in [-0.15, -0.1) is 0 Å². The molecule has 2 unspecified atom stereocenters. The molecule has 4 heteroatoms. The molecular formula is C7H12O4. The molecule has 0 aromatic heterocycles. The molecular weight excluding hydrogens is 148 g/mol. The quantitative estimate of drug-likeness (QED) is 0.563. The van der Waals surface area contributed by atoms with Gasteiger partial charge in [-0.3, -0.25) is 0 Å². The van der Waals surface area contributed by atoms with E-state index in [-0.39, 0.29) is 12.6 Å². The fourth-order valence-electron chi connectivity index (χ4n) is 1.01.